The molecule has 138 valence electrons. The first-order valence-corrected chi connectivity index (χ1v) is 8.80. The highest BCUT2D eigenvalue weighted by atomic mass is 16.2. The summed E-state index contributed by atoms with van der Waals surface area (Å²) in [6.45, 7) is 12.2. The summed E-state index contributed by atoms with van der Waals surface area (Å²) in [4.78, 5) is 24.8. The number of hydrogen-bond acceptors (Lipinski definition) is 2. The van der Waals surface area contributed by atoms with Gasteiger partial charge in [0.05, 0.1) is 0 Å². The Morgan fingerprint density at radius 2 is 1.31 bits per heavy atom. The molecule has 0 saturated carbocycles. The first kappa shape index (κ1) is 19.7. The van der Waals surface area contributed by atoms with Crippen LogP contribution >= 0.6 is 0 Å². The zero-order valence-electron chi connectivity index (χ0n) is 16.4. The van der Waals surface area contributed by atoms with Crippen molar-refractivity contribution in [3.8, 4) is 0 Å². The Morgan fingerprint density at radius 3 is 1.81 bits per heavy atom. The molecule has 0 aliphatic rings. The zero-order valence-corrected chi connectivity index (χ0v) is 16.4. The fourth-order valence-electron chi connectivity index (χ4n) is 2.47. The van der Waals surface area contributed by atoms with E-state index in [2.05, 4.69) is 31.4 Å². The van der Waals surface area contributed by atoms with Gasteiger partial charge in [0.1, 0.15) is 0 Å². The van der Waals surface area contributed by atoms with Crippen LogP contribution in [0.2, 0.25) is 0 Å². The molecule has 2 N–H and O–H groups in total. The van der Waals surface area contributed by atoms with Gasteiger partial charge in [-0.3, -0.25) is 9.59 Å². The van der Waals surface area contributed by atoms with Crippen molar-refractivity contribution in [3.63, 3.8) is 0 Å². The van der Waals surface area contributed by atoms with Crippen LogP contribution in [0.15, 0.2) is 48.5 Å². The van der Waals surface area contributed by atoms with Crippen molar-refractivity contribution >= 4 is 17.5 Å². The van der Waals surface area contributed by atoms with Gasteiger partial charge in [-0.1, -0.05) is 39.0 Å². The van der Waals surface area contributed by atoms with Gasteiger partial charge >= 0.3 is 0 Å². The number of carbonyl (C=O) groups is 2. The number of rotatable bonds is 3. The largest absolute Gasteiger partial charge is 0.347 e. The minimum Gasteiger partial charge on any atom is -0.347 e. The van der Waals surface area contributed by atoms with Crippen LogP contribution in [-0.4, -0.2) is 17.4 Å². The van der Waals surface area contributed by atoms with Crippen LogP contribution < -0.4 is 10.6 Å². The molecule has 0 fully saturated rings. The first-order chi connectivity index (χ1) is 12.0. The lowest BCUT2D eigenvalue weighted by atomic mass is 9.87. The van der Waals surface area contributed by atoms with Crippen molar-refractivity contribution in [1.29, 1.82) is 0 Å². The first-order valence-electron chi connectivity index (χ1n) is 8.80. The van der Waals surface area contributed by atoms with E-state index in [1.165, 1.54) is 5.56 Å². The van der Waals surface area contributed by atoms with Crippen molar-refractivity contribution in [3.05, 3.63) is 65.2 Å². The third kappa shape index (κ3) is 5.45. The molecule has 0 aliphatic heterocycles. The van der Waals surface area contributed by atoms with Gasteiger partial charge in [-0.2, -0.15) is 0 Å². The van der Waals surface area contributed by atoms with E-state index in [9.17, 15) is 9.59 Å². The van der Waals surface area contributed by atoms with E-state index < -0.39 is 0 Å². The number of anilines is 1. The van der Waals surface area contributed by atoms with Crippen LogP contribution in [0, 0.1) is 0 Å². The molecule has 0 heterocycles. The highest BCUT2D eigenvalue weighted by Crippen LogP contribution is 2.23. The number of carbonyl (C=O) groups excluding carboxylic acids is 2. The number of nitrogens with one attached hydrogen (secondary N) is 2. The standard InChI is InChI=1S/C22H28N2O2/c1-21(2,3)17-10-12-18(13-11-17)23-19(25)15-8-7-9-16(14-15)20(26)24-22(4,5)6/h7-14H,1-6H3,(H,23,25)(H,24,26). The Hall–Kier alpha value is -2.62. The molecule has 2 amide bonds. The Kier molecular flexibility index (Phi) is 5.55. The van der Waals surface area contributed by atoms with Crippen LogP contribution in [0.25, 0.3) is 0 Å². The zero-order chi connectivity index (χ0) is 19.5. The summed E-state index contributed by atoms with van der Waals surface area (Å²) in [6, 6.07) is 14.6. The van der Waals surface area contributed by atoms with Crippen LogP contribution in [-0.2, 0) is 5.41 Å². The molecule has 0 aliphatic carbocycles. The predicted molar refractivity (Wildman–Crippen MR) is 107 cm³/mol. The average molecular weight is 352 g/mol. The summed E-state index contributed by atoms with van der Waals surface area (Å²) >= 11 is 0. The molecule has 0 unspecified atom stereocenters. The minimum atomic E-state index is -0.329. The number of hydrogen-bond donors (Lipinski definition) is 2. The highest BCUT2D eigenvalue weighted by molar-refractivity contribution is 6.06. The Labute approximate surface area is 156 Å². The van der Waals surface area contributed by atoms with E-state index in [-0.39, 0.29) is 22.8 Å². The van der Waals surface area contributed by atoms with Gasteiger partial charge in [-0.15, -0.1) is 0 Å². The lowest BCUT2D eigenvalue weighted by Crippen LogP contribution is -2.40. The molecule has 0 bridgehead atoms. The third-order valence-electron chi connectivity index (χ3n) is 3.88. The SMILES string of the molecule is CC(C)(C)NC(=O)c1cccc(C(=O)Nc2ccc(C(C)(C)C)cc2)c1. The smallest absolute Gasteiger partial charge is 0.255 e. The molecule has 4 heteroatoms. The van der Waals surface area contributed by atoms with E-state index in [0.29, 0.717) is 11.1 Å². The summed E-state index contributed by atoms with van der Waals surface area (Å²) in [5.74, 6) is -0.430. The van der Waals surface area contributed by atoms with E-state index in [0.717, 1.165) is 5.69 Å². The molecule has 2 rings (SSSR count). The van der Waals surface area contributed by atoms with Gasteiger partial charge < -0.3 is 10.6 Å². The molecule has 4 nitrogen and oxygen atoms in total. The molecular weight excluding hydrogens is 324 g/mol. The monoisotopic (exact) mass is 352 g/mol. The van der Waals surface area contributed by atoms with E-state index in [1.807, 2.05) is 45.0 Å². The highest BCUT2D eigenvalue weighted by Gasteiger charge is 2.17. The summed E-state index contributed by atoms with van der Waals surface area (Å²) < 4.78 is 0. The second-order valence-corrected chi connectivity index (χ2v) is 8.57. The summed E-state index contributed by atoms with van der Waals surface area (Å²) in [7, 11) is 0. The predicted octanol–water partition coefficient (Wildman–Crippen LogP) is 4.76. The molecule has 0 aromatic heterocycles. The molecule has 0 saturated heterocycles. The van der Waals surface area contributed by atoms with Gasteiger partial charge in [0, 0.05) is 22.4 Å². The van der Waals surface area contributed by atoms with Crippen molar-refractivity contribution < 1.29 is 9.59 Å². The van der Waals surface area contributed by atoms with Crippen molar-refractivity contribution in [2.24, 2.45) is 0 Å². The fraction of sp³-hybridized carbons (Fsp3) is 0.364. The number of amides is 2. The lowest BCUT2D eigenvalue weighted by Gasteiger charge is -2.20. The maximum atomic E-state index is 12.5. The molecular formula is C22H28N2O2. The minimum absolute atomic E-state index is 0.0668. The van der Waals surface area contributed by atoms with Crippen molar-refractivity contribution in [2.75, 3.05) is 5.32 Å². The quantitative estimate of drug-likeness (QED) is 0.836. The second kappa shape index (κ2) is 7.32. The van der Waals surface area contributed by atoms with Gasteiger partial charge in [-0.05, 0) is 62.1 Å². The maximum Gasteiger partial charge on any atom is 0.255 e. The van der Waals surface area contributed by atoms with Crippen molar-refractivity contribution in [1.82, 2.24) is 5.32 Å². The molecule has 0 radical (unpaired) electrons. The van der Waals surface area contributed by atoms with E-state index >= 15 is 0 Å². The normalized spacial score (nSPS) is 11.8. The summed E-state index contributed by atoms with van der Waals surface area (Å²) in [6.07, 6.45) is 0. The van der Waals surface area contributed by atoms with Gasteiger partial charge in [0.2, 0.25) is 0 Å². The Balaban J connectivity index is 2.13. The van der Waals surface area contributed by atoms with Gasteiger partial charge in [-0.25, -0.2) is 0 Å². The number of benzene rings is 2. The van der Waals surface area contributed by atoms with Gasteiger partial charge in [0.25, 0.3) is 11.8 Å². The van der Waals surface area contributed by atoms with E-state index in [1.54, 1.807) is 24.3 Å². The molecule has 26 heavy (non-hydrogen) atoms. The Bertz CT molecular complexity index is 794. The van der Waals surface area contributed by atoms with Crippen LogP contribution in [0.5, 0.6) is 0 Å². The third-order valence-corrected chi connectivity index (χ3v) is 3.88. The Morgan fingerprint density at radius 1 is 0.769 bits per heavy atom. The molecule has 0 atom stereocenters. The fourth-order valence-corrected chi connectivity index (χ4v) is 2.47. The molecule has 2 aromatic rings. The second-order valence-electron chi connectivity index (χ2n) is 8.57. The van der Waals surface area contributed by atoms with Crippen LogP contribution in [0.4, 0.5) is 5.69 Å². The molecule has 0 spiro atoms. The van der Waals surface area contributed by atoms with Gasteiger partial charge in [0.15, 0.2) is 0 Å². The topological polar surface area (TPSA) is 58.2 Å². The van der Waals surface area contributed by atoms with Crippen molar-refractivity contribution in [2.45, 2.75) is 52.5 Å². The summed E-state index contributed by atoms with van der Waals surface area (Å²) in [5, 5.41) is 5.78. The lowest BCUT2D eigenvalue weighted by molar-refractivity contribution is 0.0919. The average Bonchev–Trinajstić information content (AvgIpc) is 2.53. The van der Waals surface area contributed by atoms with Crippen LogP contribution in [0.3, 0.4) is 0 Å². The van der Waals surface area contributed by atoms with E-state index in [4.69, 9.17) is 0 Å². The summed E-state index contributed by atoms with van der Waals surface area (Å²) in [5.41, 5.74) is 2.59. The molecule has 2 aromatic carbocycles. The maximum absolute atomic E-state index is 12.5. The van der Waals surface area contributed by atoms with Crippen LogP contribution in [0.1, 0.15) is 67.8 Å².